The lowest BCUT2D eigenvalue weighted by atomic mass is 10.3. The number of hydrogen-bond acceptors (Lipinski definition) is 5. The Kier molecular flexibility index (Phi) is 9.59. The third kappa shape index (κ3) is 11.2. The van der Waals surface area contributed by atoms with Crippen molar-refractivity contribution < 1.29 is 23.9 Å². The van der Waals surface area contributed by atoms with E-state index in [0.717, 1.165) is 0 Å². The molecule has 86 valence electrons. The van der Waals surface area contributed by atoms with Crippen molar-refractivity contribution in [1.29, 1.82) is 0 Å². The average molecular weight is 232 g/mol. The summed E-state index contributed by atoms with van der Waals surface area (Å²) in [6.07, 6.45) is -0.488. The Hall–Kier alpha value is -0.698. The van der Waals surface area contributed by atoms with Crippen LogP contribution in [0.25, 0.3) is 0 Å². The van der Waals surface area contributed by atoms with Gasteiger partial charge < -0.3 is 9.47 Å². The van der Waals surface area contributed by atoms with Crippen molar-refractivity contribution in [3.8, 4) is 0 Å². The number of carbonyl (C=O) groups is 3. The summed E-state index contributed by atoms with van der Waals surface area (Å²) in [5.41, 5.74) is 0. The minimum atomic E-state index is -0.838. The molecule has 15 heavy (non-hydrogen) atoms. The predicted molar refractivity (Wildman–Crippen MR) is 57.4 cm³/mol. The van der Waals surface area contributed by atoms with E-state index in [9.17, 15) is 14.4 Å². The number of rotatable bonds is 5. The maximum absolute atomic E-state index is 10.9. The zero-order chi connectivity index (χ0) is 11.1. The van der Waals surface area contributed by atoms with Crippen molar-refractivity contribution in [2.75, 3.05) is 6.61 Å². The maximum Gasteiger partial charge on any atom is 0.339 e. The summed E-state index contributed by atoms with van der Waals surface area (Å²) in [5.74, 6) is -1.95. The van der Waals surface area contributed by atoms with Gasteiger partial charge in [-0.3, -0.25) is 9.59 Å². The van der Waals surface area contributed by atoms with E-state index in [1.54, 1.807) is 13.8 Å². The fourth-order valence-corrected chi connectivity index (χ4v) is 0.630. The second-order valence-electron chi connectivity index (χ2n) is 3.08. The molecule has 0 radical (unpaired) electrons. The SMILES string of the molecule is CC(=O)CC(=O)OC(=O)COC(C)C.[AlH3]. The number of ketones is 1. The summed E-state index contributed by atoms with van der Waals surface area (Å²) in [4.78, 5) is 32.1. The van der Waals surface area contributed by atoms with Crippen LogP contribution < -0.4 is 0 Å². The van der Waals surface area contributed by atoms with E-state index in [2.05, 4.69) is 4.74 Å². The van der Waals surface area contributed by atoms with Gasteiger partial charge in [-0.1, -0.05) is 0 Å². The van der Waals surface area contributed by atoms with Gasteiger partial charge in [0.05, 0.1) is 6.10 Å². The van der Waals surface area contributed by atoms with E-state index in [0.29, 0.717) is 0 Å². The van der Waals surface area contributed by atoms with Gasteiger partial charge in [0.2, 0.25) is 0 Å². The first-order valence-electron chi connectivity index (χ1n) is 4.26. The summed E-state index contributed by atoms with van der Waals surface area (Å²) in [5, 5.41) is 0. The number of Topliss-reactive ketones (excluding diaryl/α,β-unsaturated/α-hetero) is 1. The molecule has 6 heteroatoms. The van der Waals surface area contributed by atoms with Crippen molar-refractivity contribution in [2.24, 2.45) is 0 Å². The van der Waals surface area contributed by atoms with Gasteiger partial charge in [0, 0.05) is 0 Å². The Bertz CT molecular complexity index is 237. The van der Waals surface area contributed by atoms with E-state index in [4.69, 9.17) is 4.74 Å². The van der Waals surface area contributed by atoms with E-state index < -0.39 is 11.9 Å². The van der Waals surface area contributed by atoms with E-state index >= 15 is 0 Å². The minimum Gasteiger partial charge on any atom is -0.391 e. The van der Waals surface area contributed by atoms with E-state index in [-0.39, 0.29) is 42.3 Å². The van der Waals surface area contributed by atoms with Crippen LogP contribution in [0.2, 0.25) is 0 Å². The molecule has 0 heterocycles. The van der Waals surface area contributed by atoms with Crippen molar-refractivity contribution >= 4 is 35.1 Å². The molecule has 0 aromatic rings. The van der Waals surface area contributed by atoms with Crippen molar-refractivity contribution in [2.45, 2.75) is 33.3 Å². The van der Waals surface area contributed by atoms with Gasteiger partial charge in [-0.2, -0.15) is 0 Å². The molecule has 0 saturated carbocycles. The number of esters is 2. The van der Waals surface area contributed by atoms with Gasteiger partial charge in [0.1, 0.15) is 18.8 Å². The smallest absolute Gasteiger partial charge is 0.339 e. The first kappa shape index (κ1) is 16.7. The molecule has 0 aromatic heterocycles. The standard InChI is InChI=1S/C9H14O5.Al.3H/c1-6(2)13-5-9(12)14-8(11)4-7(3)10;;;;/h6H,4-5H2,1-3H3;;;;. The van der Waals surface area contributed by atoms with Crippen LogP contribution in [-0.2, 0) is 23.9 Å². The van der Waals surface area contributed by atoms with Crippen molar-refractivity contribution in [3.63, 3.8) is 0 Å². The van der Waals surface area contributed by atoms with Crippen molar-refractivity contribution in [3.05, 3.63) is 0 Å². The lowest BCUT2D eigenvalue weighted by molar-refractivity contribution is -0.163. The summed E-state index contributed by atoms with van der Waals surface area (Å²) in [7, 11) is 0. The molecule has 0 amide bonds. The van der Waals surface area contributed by atoms with Crippen LogP contribution in [0.5, 0.6) is 0 Å². The third-order valence-corrected chi connectivity index (χ3v) is 1.16. The lowest BCUT2D eigenvalue weighted by Crippen LogP contribution is -2.20. The highest BCUT2D eigenvalue weighted by molar-refractivity contribution is 5.98. The summed E-state index contributed by atoms with van der Waals surface area (Å²) < 4.78 is 9.19. The average Bonchev–Trinajstić information content (AvgIpc) is 1.98. The molecule has 0 atom stereocenters. The van der Waals surface area contributed by atoms with E-state index in [1.807, 2.05) is 0 Å². The zero-order valence-electron chi connectivity index (χ0n) is 8.53. The first-order valence-corrected chi connectivity index (χ1v) is 4.26. The normalized spacial score (nSPS) is 9.33. The fraction of sp³-hybridized carbons (Fsp3) is 0.667. The summed E-state index contributed by atoms with van der Waals surface area (Å²) in [6, 6.07) is 0. The fourth-order valence-electron chi connectivity index (χ4n) is 0.630. The highest BCUT2D eigenvalue weighted by atomic mass is 27.0. The molecule has 0 aliphatic carbocycles. The Labute approximate surface area is 99.2 Å². The molecule has 0 fully saturated rings. The number of hydrogen-bond donors (Lipinski definition) is 0. The summed E-state index contributed by atoms with van der Waals surface area (Å²) >= 11 is 0. The third-order valence-electron chi connectivity index (χ3n) is 1.16. The van der Waals surface area contributed by atoms with Crippen LogP contribution in [-0.4, -0.2) is 47.8 Å². The second-order valence-corrected chi connectivity index (χ2v) is 3.08. The molecular weight excluding hydrogens is 215 g/mol. The first-order chi connectivity index (χ1) is 6.41. The van der Waals surface area contributed by atoms with Crippen LogP contribution in [0.1, 0.15) is 27.2 Å². The number of carbonyl (C=O) groups excluding carboxylic acids is 3. The van der Waals surface area contributed by atoms with Gasteiger partial charge in [-0.15, -0.1) is 0 Å². The van der Waals surface area contributed by atoms with Crippen LogP contribution in [0, 0.1) is 0 Å². The van der Waals surface area contributed by atoms with Crippen LogP contribution in [0.4, 0.5) is 0 Å². The van der Waals surface area contributed by atoms with Gasteiger partial charge in [-0.05, 0) is 20.8 Å². The van der Waals surface area contributed by atoms with Crippen molar-refractivity contribution in [1.82, 2.24) is 0 Å². The topological polar surface area (TPSA) is 69.7 Å². The Morgan fingerprint density at radius 1 is 1.13 bits per heavy atom. The maximum atomic E-state index is 10.9. The molecular formula is C9H17AlO5. The van der Waals surface area contributed by atoms with Crippen LogP contribution in [0.15, 0.2) is 0 Å². The minimum absolute atomic E-state index is 0. The van der Waals surface area contributed by atoms with E-state index in [1.165, 1.54) is 6.92 Å². The van der Waals surface area contributed by atoms with Gasteiger partial charge in [0.15, 0.2) is 17.4 Å². The Balaban J connectivity index is 0. The molecule has 5 nitrogen and oxygen atoms in total. The molecule has 0 N–H and O–H groups in total. The molecule has 0 rings (SSSR count). The molecule has 0 aliphatic rings. The Morgan fingerprint density at radius 3 is 2.07 bits per heavy atom. The quantitative estimate of drug-likeness (QED) is 0.355. The second kappa shape index (κ2) is 8.60. The van der Waals surface area contributed by atoms with Gasteiger partial charge in [-0.25, -0.2) is 4.79 Å². The number of ether oxygens (including phenoxy) is 2. The molecule has 0 unspecified atom stereocenters. The lowest BCUT2D eigenvalue weighted by Gasteiger charge is -2.05. The van der Waals surface area contributed by atoms with Crippen LogP contribution in [0.3, 0.4) is 0 Å². The summed E-state index contributed by atoms with van der Waals surface area (Å²) in [6.45, 7) is 4.48. The largest absolute Gasteiger partial charge is 0.391 e. The highest BCUT2D eigenvalue weighted by Crippen LogP contribution is 1.92. The highest BCUT2D eigenvalue weighted by Gasteiger charge is 2.12. The molecule has 0 saturated heterocycles. The van der Waals surface area contributed by atoms with Gasteiger partial charge in [0.25, 0.3) is 0 Å². The predicted octanol–water partition coefficient (Wildman–Crippen LogP) is -0.724. The monoisotopic (exact) mass is 232 g/mol. The molecule has 0 spiro atoms. The van der Waals surface area contributed by atoms with Crippen LogP contribution >= 0.6 is 0 Å². The zero-order valence-corrected chi connectivity index (χ0v) is 8.53. The molecule has 0 bridgehead atoms. The molecule has 0 aliphatic heterocycles. The Morgan fingerprint density at radius 2 is 1.67 bits per heavy atom. The molecule has 0 aromatic carbocycles. The van der Waals surface area contributed by atoms with Gasteiger partial charge >= 0.3 is 11.9 Å².